The van der Waals surface area contributed by atoms with Gasteiger partial charge in [0, 0.05) is 18.4 Å². The fraction of sp³-hybridized carbons (Fsp3) is 0.450. The van der Waals surface area contributed by atoms with Crippen LogP contribution in [0.25, 0.3) is 0 Å². The molecular weight excluding hydrogens is 300 g/mol. The molecule has 4 nitrogen and oxygen atoms in total. The predicted molar refractivity (Wildman–Crippen MR) is 94.9 cm³/mol. The molecule has 0 aliphatic carbocycles. The molecule has 1 aromatic carbocycles. The van der Waals surface area contributed by atoms with E-state index in [2.05, 4.69) is 37.9 Å². The van der Waals surface area contributed by atoms with Gasteiger partial charge in [-0.1, -0.05) is 51.1 Å². The third-order valence-corrected chi connectivity index (χ3v) is 4.71. The van der Waals surface area contributed by atoms with Crippen molar-refractivity contribution in [1.29, 1.82) is 0 Å². The van der Waals surface area contributed by atoms with E-state index in [1.165, 1.54) is 0 Å². The normalized spacial score (nSPS) is 21.8. The SMILES string of the molecule is Cc1[nH]ccc1C(=O)N1C[C@@H](c2ccccc2)O[C@@H](C(C)(C)C)C1. The van der Waals surface area contributed by atoms with Crippen LogP contribution in [0.5, 0.6) is 0 Å². The lowest BCUT2D eigenvalue weighted by atomic mass is 9.87. The van der Waals surface area contributed by atoms with E-state index in [4.69, 9.17) is 4.74 Å². The molecule has 0 bridgehead atoms. The molecule has 1 aliphatic rings. The van der Waals surface area contributed by atoms with Crippen molar-refractivity contribution in [2.75, 3.05) is 13.1 Å². The van der Waals surface area contributed by atoms with E-state index >= 15 is 0 Å². The van der Waals surface area contributed by atoms with Crippen LogP contribution < -0.4 is 0 Å². The van der Waals surface area contributed by atoms with Crippen molar-refractivity contribution < 1.29 is 9.53 Å². The number of rotatable bonds is 2. The first-order chi connectivity index (χ1) is 11.4. The van der Waals surface area contributed by atoms with E-state index in [1.807, 2.05) is 42.3 Å². The topological polar surface area (TPSA) is 45.3 Å². The standard InChI is InChI=1S/C20H26N2O2/c1-14-16(10-11-21-14)19(23)22-12-17(15-8-6-5-7-9-15)24-18(13-22)20(2,3)4/h5-11,17-18,21H,12-13H2,1-4H3/t17-,18+/m0/s1. The van der Waals surface area contributed by atoms with Crippen molar-refractivity contribution in [3.63, 3.8) is 0 Å². The zero-order valence-corrected chi connectivity index (χ0v) is 14.9. The quantitative estimate of drug-likeness (QED) is 0.908. The Labute approximate surface area is 143 Å². The minimum Gasteiger partial charge on any atom is -0.366 e. The second-order valence-electron chi connectivity index (χ2n) is 7.62. The Morgan fingerprint density at radius 1 is 1.17 bits per heavy atom. The van der Waals surface area contributed by atoms with Gasteiger partial charge in [-0.25, -0.2) is 0 Å². The predicted octanol–water partition coefficient (Wildman–Crippen LogP) is 3.95. The molecule has 1 aliphatic heterocycles. The van der Waals surface area contributed by atoms with Crippen LogP contribution in [-0.2, 0) is 4.74 Å². The fourth-order valence-electron chi connectivity index (χ4n) is 3.11. The Morgan fingerprint density at radius 3 is 2.46 bits per heavy atom. The van der Waals surface area contributed by atoms with Gasteiger partial charge < -0.3 is 14.6 Å². The summed E-state index contributed by atoms with van der Waals surface area (Å²) in [5.74, 6) is 0.0761. The lowest BCUT2D eigenvalue weighted by Gasteiger charge is -2.43. The molecule has 1 aromatic heterocycles. The van der Waals surface area contributed by atoms with Crippen LogP contribution in [0.4, 0.5) is 0 Å². The number of carbonyl (C=O) groups is 1. The molecule has 24 heavy (non-hydrogen) atoms. The molecule has 4 heteroatoms. The lowest BCUT2D eigenvalue weighted by Crippen LogP contribution is -2.51. The van der Waals surface area contributed by atoms with Crippen molar-refractivity contribution >= 4 is 5.91 Å². The van der Waals surface area contributed by atoms with E-state index < -0.39 is 0 Å². The highest BCUT2D eigenvalue weighted by Gasteiger charge is 2.37. The van der Waals surface area contributed by atoms with Crippen molar-refractivity contribution in [3.8, 4) is 0 Å². The molecule has 0 unspecified atom stereocenters. The number of hydrogen-bond donors (Lipinski definition) is 1. The van der Waals surface area contributed by atoms with Crippen LogP contribution in [0.1, 0.15) is 48.5 Å². The zero-order chi connectivity index (χ0) is 17.3. The number of carbonyl (C=O) groups excluding carboxylic acids is 1. The third-order valence-electron chi connectivity index (χ3n) is 4.71. The number of H-pyrrole nitrogens is 1. The van der Waals surface area contributed by atoms with Gasteiger partial charge in [-0.15, -0.1) is 0 Å². The molecule has 1 fully saturated rings. The highest BCUT2D eigenvalue weighted by Crippen LogP contribution is 2.34. The summed E-state index contributed by atoms with van der Waals surface area (Å²) >= 11 is 0. The number of amides is 1. The first kappa shape index (κ1) is 16.8. The molecule has 2 atom stereocenters. The van der Waals surface area contributed by atoms with Gasteiger partial charge in [0.15, 0.2) is 0 Å². The van der Waals surface area contributed by atoms with Crippen LogP contribution >= 0.6 is 0 Å². The number of morpholine rings is 1. The number of nitrogens with zero attached hydrogens (tertiary/aromatic N) is 1. The maximum absolute atomic E-state index is 13.0. The molecule has 0 saturated carbocycles. The van der Waals surface area contributed by atoms with Crippen LogP contribution in [-0.4, -0.2) is 35.0 Å². The van der Waals surface area contributed by atoms with Gasteiger partial charge in [-0.05, 0) is 24.0 Å². The number of benzene rings is 1. The smallest absolute Gasteiger partial charge is 0.255 e. The van der Waals surface area contributed by atoms with Gasteiger partial charge >= 0.3 is 0 Å². The van der Waals surface area contributed by atoms with Gasteiger partial charge in [-0.3, -0.25) is 4.79 Å². The summed E-state index contributed by atoms with van der Waals surface area (Å²) in [5, 5.41) is 0. The summed E-state index contributed by atoms with van der Waals surface area (Å²) in [5.41, 5.74) is 2.75. The van der Waals surface area contributed by atoms with Crippen LogP contribution in [0.2, 0.25) is 0 Å². The Kier molecular flexibility index (Phi) is 4.50. The van der Waals surface area contributed by atoms with Gasteiger partial charge in [0.2, 0.25) is 0 Å². The highest BCUT2D eigenvalue weighted by molar-refractivity contribution is 5.95. The summed E-state index contributed by atoms with van der Waals surface area (Å²) in [6.07, 6.45) is 1.73. The van der Waals surface area contributed by atoms with E-state index in [0.29, 0.717) is 13.1 Å². The Balaban J connectivity index is 1.88. The molecule has 0 radical (unpaired) electrons. The van der Waals surface area contributed by atoms with Crippen LogP contribution in [0.15, 0.2) is 42.6 Å². The van der Waals surface area contributed by atoms with Gasteiger partial charge in [0.25, 0.3) is 5.91 Å². The molecule has 1 amide bonds. The largest absolute Gasteiger partial charge is 0.366 e. The first-order valence-electron chi connectivity index (χ1n) is 8.50. The second kappa shape index (κ2) is 6.44. The maximum atomic E-state index is 13.0. The summed E-state index contributed by atoms with van der Waals surface area (Å²) in [4.78, 5) is 18.0. The maximum Gasteiger partial charge on any atom is 0.255 e. The number of aromatic amines is 1. The van der Waals surface area contributed by atoms with Crippen molar-refractivity contribution in [2.45, 2.75) is 39.9 Å². The summed E-state index contributed by atoms with van der Waals surface area (Å²) in [6, 6.07) is 12.0. The summed E-state index contributed by atoms with van der Waals surface area (Å²) < 4.78 is 6.36. The average molecular weight is 326 g/mol. The number of aryl methyl sites for hydroxylation is 1. The number of ether oxygens (including phenoxy) is 1. The zero-order valence-electron chi connectivity index (χ0n) is 14.9. The monoisotopic (exact) mass is 326 g/mol. The van der Waals surface area contributed by atoms with Crippen LogP contribution in [0.3, 0.4) is 0 Å². The molecule has 128 valence electrons. The minimum atomic E-state index is -0.0904. The molecule has 1 saturated heterocycles. The molecule has 2 heterocycles. The summed E-state index contributed by atoms with van der Waals surface area (Å²) in [7, 11) is 0. The van der Waals surface area contributed by atoms with Gasteiger partial charge in [0.1, 0.15) is 6.10 Å². The van der Waals surface area contributed by atoms with E-state index in [1.54, 1.807) is 0 Å². The van der Waals surface area contributed by atoms with E-state index in [0.717, 1.165) is 16.8 Å². The second-order valence-corrected chi connectivity index (χ2v) is 7.62. The Bertz CT molecular complexity index is 700. The van der Waals surface area contributed by atoms with Gasteiger partial charge in [-0.2, -0.15) is 0 Å². The first-order valence-corrected chi connectivity index (χ1v) is 8.50. The Morgan fingerprint density at radius 2 is 1.88 bits per heavy atom. The van der Waals surface area contributed by atoms with Gasteiger partial charge in [0.05, 0.1) is 18.2 Å². The number of nitrogens with one attached hydrogen (secondary N) is 1. The van der Waals surface area contributed by atoms with Crippen molar-refractivity contribution in [1.82, 2.24) is 9.88 Å². The van der Waals surface area contributed by atoms with Crippen LogP contribution in [0, 0.1) is 12.3 Å². The molecule has 3 rings (SSSR count). The molecule has 1 N–H and O–H groups in total. The van der Waals surface area contributed by atoms with E-state index in [9.17, 15) is 4.79 Å². The van der Waals surface area contributed by atoms with Crippen molar-refractivity contribution in [3.05, 3.63) is 59.4 Å². The average Bonchev–Trinajstić information content (AvgIpc) is 3.00. The highest BCUT2D eigenvalue weighted by atomic mass is 16.5. The minimum absolute atomic E-state index is 0.000320. The molecule has 0 spiro atoms. The van der Waals surface area contributed by atoms with E-state index in [-0.39, 0.29) is 23.5 Å². The third kappa shape index (κ3) is 3.39. The fourth-order valence-corrected chi connectivity index (χ4v) is 3.11. The summed E-state index contributed by atoms with van der Waals surface area (Å²) in [6.45, 7) is 9.62. The Hall–Kier alpha value is -2.07. The number of aromatic nitrogens is 1. The molecular formula is C20H26N2O2. The molecule has 2 aromatic rings. The lowest BCUT2D eigenvalue weighted by molar-refractivity contribution is -0.119. The number of hydrogen-bond acceptors (Lipinski definition) is 2. The van der Waals surface area contributed by atoms with Crippen molar-refractivity contribution in [2.24, 2.45) is 5.41 Å².